The zero-order chi connectivity index (χ0) is 13.8. The van der Waals surface area contributed by atoms with Gasteiger partial charge < -0.3 is 4.74 Å². The van der Waals surface area contributed by atoms with E-state index in [0.717, 1.165) is 30.7 Å². The van der Waals surface area contributed by atoms with Crippen LogP contribution in [-0.2, 0) is 12.8 Å². The third kappa shape index (κ3) is 3.64. The van der Waals surface area contributed by atoms with Gasteiger partial charge in [-0.2, -0.15) is 0 Å². The van der Waals surface area contributed by atoms with Crippen LogP contribution in [0.5, 0.6) is 5.75 Å². The number of aromatic nitrogens is 1. The lowest BCUT2D eigenvalue weighted by molar-refractivity contribution is 0.414. The fraction of sp³-hybridized carbons (Fsp3) is 0.278. The maximum Gasteiger partial charge on any atom is 0.119 e. The van der Waals surface area contributed by atoms with Crippen LogP contribution in [0.4, 0.5) is 0 Å². The molecule has 0 atom stereocenters. The summed E-state index contributed by atoms with van der Waals surface area (Å²) >= 11 is 0. The standard InChI is InChI=1S/C18H19NO.ClH/c1-20-17-10-11-18-14(5-4-6-15(18)13-17)8-9-16-7-2-3-12-19-16;/h2-3,7-8,10-13H,4-6,9H2,1H3;1H/b14-8-;. The van der Waals surface area contributed by atoms with E-state index in [0.29, 0.717) is 0 Å². The molecule has 0 spiro atoms. The lowest BCUT2D eigenvalue weighted by Gasteiger charge is -2.20. The molecule has 0 fully saturated rings. The summed E-state index contributed by atoms with van der Waals surface area (Å²) in [5, 5.41) is 0. The van der Waals surface area contributed by atoms with Gasteiger partial charge in [-0.05, 0) is 60.2 Å². The van der Waals surface area contributed by atoms with Crippen molar-refractivity contribution in [2.45, 2.75) is 25.7 Å². The molecule has 0 bridgehead atoms. The molecule has 110 valence electrons. The van der Waals surface area contributed by atoms with Crippen LogP contribution in [0.25, 0.3) is 5.57 Å². The molecular weight excluding hydrogens is 282 g/mol. The fourth-order valence-corrected chi connectivity index (χ4v) is 2.78. The Bertz CT molecular complexity index is 622. The number of nitrogens with zero attached hydrogens (tertiary/aromatic N) is 1. The minimum atomic E-state index is 0. The highest BCUT2D eigenvalue weighted by atomic mass is 35.5. The number of allylic oxidation sites excluding steroid dienone is 2. The van der Waals surface area contributed by atoms with Gasteiger partial charge in [0.1, 0.15) is 5.75 Å². The third-order valence-electron chi connectivity index (χ3n) is 3.83. The topological polar surface area (TPSA) is 22.1 Å². The van der Waals surface area contributed by atoms with E-state index in [-0.39, 0.29) is 12.4 Å². The highest BCUT2D eigenvalue weighted by Crippen LogP contribution is 2.33. The average molecular weight is 302 g/mol. The highest BCUT2D eigenvalue weighted by Gasteiger charge is 2.14. The number of pyridine rings is 1. The van der Waals surface area contributed by atoms with Gasteiger partial charge in [-0.25, -0.2) is 0 Å². The lowest BCUT2D eigenvalue weighted by Crippen LogP contribution is -2.03. The smallest absolute Gasteiger partial charge is 0.119 e. The molecule has 1 aliphatic carbocycles. The van der Waals surface area contributed by atoms with Gasteiger partial charge in [0.25, 0.3) is 0 Å². The molecule has 21 heavy (non-hydrogen) atoms. The normalized spacial score (nSPS) is 15.2. The van der Waals surface area contributed by atoms with Crippen molar-refractivity contribution in [3.05, 3.63) is 65.5 Å². The minimum absolute atomic E-state index is 0. The Balaban J connectivity index is 0.00000161. The molecule has 1 aliphatic rings. The Kier molecular flexibility index (Phi) is 5.40. The van der Waals surface area contributed by atoms with E-state index in [4.69, 9.17) is 4.74 Å². The fourth-order valence-electron chi connectivity index (χ4n) is 2.78. The predicted molar refractivity (Wildman–Crippen MR) is 89.1 cm³/mol. The molecule has 0 amide bonds. The van der Waals surface area contributed by atoms with E-state index in [2.05, 4.69) is 35.3 Å². The van der Waals surface area contributed by atoms with Crippen molar-refractivity contribution >= 4 is 18.0 Å². The van der Waals surface area contributed by atoms with Crippen molar-refractivity contribution in [1.82, 2.24) is 4.98 Å². The maximum atomic E-state index is 5.32. The molecule has 1 aromatic carbocycles. The average Bonchev–Trinajstić information content (AvgIpc) is 2.53. The second-order valence-corrected chi connectivity index (χ2v) is 5.13. The number of fused-ring (bicyclic) bond motifs is 1. The van der Waals surface area contributed by atoms with E-state index in [1.807, 2.05) is 18.3 Å². The van der Waals surface area contributed by atoms with Gasteiger partial charge in [0.15, 0.2) is 0 Å². The second kappa shape index (κ2) is 7.28. The summed E-state index contributed by atoms with van der Waals surface area (Å²) in [5.74, 6) is 0.953. The van der Waals surface area contributed by atoms with Gasteiger partial charge in [0.2, 0.25) is 0 Å². The number of hydrogen-bond donors (Lipinski definition) is 0. The van der Waals surface area contributed by atoms with Crippen LogP contribution < -0.4 is 4.74 Å². The summed E-state index contributed by atoms with van der Waals surface area (Å²) < 4.78 is 5.32. The van der Waals surface area contributed by atoms with E-state index >= 15 is 0 Å². The first-order valence-electron chi connectivity index (χ1n) is 7.13. The summed E-state index contributed by atoms with van der Waals surface area (Å²) in [4.78, 5) is 4.38. The molecular formula is C18H20ClNO. The summed E-state index contributed by atoms with van der Waals surface area (Å²) in [6.07, 6.45) is 8.61. The van der Waals surface area contributed by atoms with E-state index in [9.17, 15) is 0 Å². The predicted octanol–water partition coefficient (Wildman–Crippen LogP) is 4.47. The van der Waals surface area contributed by atoms with Crippen LogP contribution in [-0.4, -0.2) is 12.1 Å². The monoisotopic (exact) mass is 301 g/mol. The highest BCUT2D eigenvalue weighted by molar-refractivity contribution is 5.85. The van der Waals surface area contributed by atoms with Crippen LogP contribution >= 0.6 is 12.4 Å². The number of halogens is 1. The van der Waals surface area contributed by atoms with Gasteiger partial charge in [-0.15, -0.1) is 12.4 Å². The zero-order valence-corrected chi connectivity index (χ0v) is 13.0. The largest absolute Gasteiger partial charge is 0.497 e. The molecule has 1 heterocycles. The number of aryl methyl sites for hydroxylation is 1. The van der Waals surface area contributed by atoms with Crippen molar-refractivity contribution in [1.29, 1.82) is 0 Å². The quantitative estimate of drug-likeness (QED) is 0.834. The van der Waals surface area contributed by atoms with Crippen molar-refractivity contribution in [2.75, 3.05) is 7.11 Å². The van der Waals surface area contributed by atoms with Gasteiger partial charge in [0, 0.05) is 18.3 Å². The summed E-state index contributed by atoms with van der Waals surface area (Å²) in [7, 11) is 1.72. The molecule has 0 saturated carbocycles. The molecule has 3 rings (SSSR count). The van der Waals surface area contributed by atoms with Crippen molar-refractivity contribution in [3.8, 4) is 5.75 Å². The van der Waals surface area contributed by atoms with E-state index in [1.165, 1.54) is 23.1 Å². The summed E-state index contributed by atoms with van der Waals surface area (Å²) in [5.41, 5.74) is 5.36. The first kappa shape index (κ1) is 15.6. The number of rotatable bonds is 3. The van der Waals surface area contributed by atoms with Crippen LogP contribution in [0.3, 0.4) is 0 Å². The van der Waals surface area contributed by atoms with Gasteiger partial charge in [-0.1, -0.05) is 18.2 Å². The Morgan fingerprint density at radius 3 is 2.86 bits per heavy atom. The Morgan fingerprint density at radius 2 is 2.10 bits per heavy atom. The molecule has 2 nitrogen and oxygen atoms in total. The van der Waals surface area contributed by atoms with Crippen molar-refractivity contribution in [2.24, 2.45) is 0 Å². The number of hydrogen-bond acceptors (Lipinski definition) is 2. The number of ether oxygens (including phenoxy) is 1. The molecule has 3 heteroatoms. The van der Waals surface area contributed by atoms with Crippen LogP contribution in [0.2, 0.25) is 0 Å². The Morgan fingerprint density at radius 1 is 1.19 bits per heavy atom. The zero-order valence-electron chi connectivity index (χ0n) is 12.2. The molecule has 0 saturated heterocycles. The Labute approximate surface area is 132 Å². The molecule has 0 N–H and O–H groups in total. The second-order valence-electron chi connectivity index (χ2n) is 5.13. The minimum Gasteiger partial charge on any atom is -0.497 e. The molecule has 0 radical (unpaired) electrons. The van der Waals surface area contributed by atoms with Crippen LogP contribution in [0.1, 0.15) is 29.7 Å². The molecule has 0 aliphatic heterocycles. The number of benzene rings is 1. The van der Waals surface area contributed by atoms with Crippen LogP contribution in [0, 0.1) is 0 Å². The first-order chi connectivity index (χ1) is 9.86. The van der Waals surface area contributed by atoms with E-state index in [1.54, 1.807) is 7.11 Å². The third-order valence-corrected chi connectivity index (χ3v) is 3.83. The summed E-state index contributed by atoms with van der Waals surface area (Å²) in [6.45, 7) is 0. The Hall–Kier alpha value is -1.80. The lowest BCUT2D eigenvalue weighted by atomic mass is 9.86. The molecule has 2 aromatic rings. The molecule has 1 aromatic heterocycles. The summed E-state index contributed by atoms with van der Waals surface area (Å²) in [6, 6.07) is 12.5. The molecule has 0 unspecified atom stereocenters. The van der Waals surface area contributed by atoms with Gasteiger partial charge in [0.05, 0.1) is 7.11 Å². The first-order valence-corrected chi connectivity index (χ1v) is 7.13. The van der Waals surface area contributed by atoms with Gasteiger partial charge >= 0.3 is 0 Å². The number of methoxy groups -OCH3 is 1. The van der Waals surface area contributed by atoms with Crippen LogP contribution in [0.15, 0.2) is 48.7 Å². The SMILES string of the molecule is COc1ccc2c(c1)CCC/C2=C/Cc1ccccn1.Cl. The van der Waals surface area contributed by atoms with Gasteiger partial charge in [-0.3, -0.25) is 4.98 Å². The van der Waals surface area contributed by atoms with Crippen molar-refractivity contribution in [3.63, 3.8) is 0 Å². The maximum absolute atomic E-state index is 5.32. The van der Waals surface area contributed by atoms with E-state index < -0.39 is 0 Å². The van der Waals surface area contributed by atoms with Crippen molar-refractivity contribution < 1.29 is 4.74 Å².